The lowest BCUT2D eigenvalue weighted by Gasteiger charge is -2.14. The minimum atomic E-state index is -0.193. The van der Waals surface area contributed by atoms with E-state index in [1.807, 2.05) is 52.0 Å². The average Bonchev–Trinajstić information content (AvgIpc) is 2.69. The Balaban J connectivity index is 1.71. The van der Waals surface area contributed by atoms with Crippen molar-refractivity contribution in [3.05, 3.63) is 53.1 Å². The fraction of sp³-hybridized carbons (Fsp3) is 0.417. The second-order valence-electron chi connectivity index (χ2n) is 7.39. The van der Waals surface area contributed by atoms with E-state index in [9.17, 15) is 9.59 Å². The number of hydrogen-bond donors (Lipinski definition) is 2. The van der Waals surface area contributed by atoms with Gasteiger partial charge in [0.25, 0.3) is 0 Å². The van der Waals surface area contributed by atoms with Crippen molar-refractivity contribution in [1.82, 2.24) is 0 Å². The van der Waals surface area contributed by atoms with Crippen LogP contribution in [0.5, 0.6) is 5.75 Å². The molecule has 0 bridgehead atoms. The van der Waals surface area contributed by atoms with Gasteiger partial charge in [0.15, 0.2) is 0 Å². The van der Waals surface area contributed by atoms with E-state index in [0.717, 1.165) is 40.4 Å². The van der Waals surface area contributed by atoms with E-state index < -0.39 is 0 Å². The summed E-state index contributed by atoms with van der Waals surface area (Å²) in [5.41, 5.74) is 5.00. The van der Waals surface area contributed by atoms with Crippen LogP contribution >= 0.6 is 11.8 Å². The van der Waals surface area contributed by atoms with E-state index >= 15 is 0 Å². The molecule has 30 heavy (non-hydrogen) atoms. The Morgan fingerprint density at radius 1 is 1.03 bits per heavy atom. The van der Waals surface area contributed by atoms with Crippen molar-refractivity contribution in [2.45, 2.75) is 52.7 Å². The van der Waals surface area contributed by atoms with Crippen LogP contribution in [0.25, 0.3) is 0 Å². The molecule has 2 rings (SSSR count). The van der Waals surface area contributed by atoms with Gasteiger partial charge >= 0.3 is 0 Å². The zero-order chi connectivity index (χ0) is 22.1. The molecular formula is C24H32N2O3S. The van der Waals surface area contributed by atoms with Crippen molar-refractivity contribution in [2.24, 2.45) is 0 Å². The molecule has 0 spiro atoms. The van der Waals surface area contributed by atoms with Crippen molar-refractivity contribution in [1.29, 1.82) is 0 Å². The van der Waals surface area contributed by atoms with Crippen molar-refractivity contribution in [3.63, 3.8) is 0 Å². The Kier molecular flexibility index (Phi) is 9.24. The summed E-state index contributed by atoms with van der Waals surface area (Å²) in [4.78, 5) is 24.6. The number of aryl methyl sites for hydroxylation is 3. The van der Waals surface area contributed by atoms with Crippen LogP contribution < -0.4 is 15.4 Å². The zero-order valence-electron chi connectivity index (χ0n) is 18.5. The standard InChI is InChI=1S/C24H32N2O3S/c1-6-29-21-11-9-20(10-12-21)25-24(28)19(5)30-13-7-8-22(27)26-23-17(3)14-16(2)15-18(23)4/h9-12,14-15,19H,6-8,13H2,1-5H3,(H,25,28)(H,26,27). The number of nitrogens with one attached hydrogen (secondary N) is 2. The SMILES string of the molecule is CCOc1ccc(NC(=O)C(C)SCCCC(=O)Nc2c(C)cc(C)cc2C)cc1. The fourth-order valence-corrected chi connectivity index (χ4v) is 4.07. The first-order chi connectivity index (χ1) is 14.3. The lowest BCUT2D eigenvalue weighted by Crippen LogP contribution is -2.23. The number of carbonyl (C=O) groups excluding carboxylic acids is 2. The summed E-state index contributed by atoms with van der Waals surface area (Å²) >= 11 is 1.55. The number of hydrogen-bond acceptors (Lipinski definition) is 4. The predicted molar refractivity (Wildman–Crippen MR) is 127 cm³/mol. The van der Waals surface area contributed by atoms with E-state index in [-0.39, 0.29) is 17.1 Å². The number of anilines is 2. The summed E-state index contributed by atoms with van der Waals surface area (Å²) < 4.78 is 5.40. The van der Waals surface area contributed by atoms with Crippen LogP contribution in [0.2, 0.25) is 0 Å². The molecule has 0 saturated carbocycles. The summed E-state index contributed by atoms with van der Waals surface area (Å²) in [6.45, 7) is 10.5. The molecule has 1 atom stereocenters. The molecule has 0 saturated heterocycles. The third-order valence-corrected chi connectivity index (χ3v) is 5.90. The second-order valence-corrected chi connectivity index (χ2v) is 8.83. The molecule has 2 amide bonds. The van der Waals surface area contributed by atoms with Crippen LogP contribution in [-0.4, -0.2) is 29.4 Å². The van der Waals surface area contributed by atoms with Gasteiger partial charge in [0, 0.05) is 17.8 Å². The number of thioether (sulfide) groups is 1. The lowest BCUT2D eigenvalue weighted by atomic mass is 10.0. The van der Waals surface area contributed by atoms with Crippen molar-refractivity contribution < 1.29 is 14.3 Å². The van der Waals surface area contributed by atoms with Crippen LogP contribution in [0.3, 0.4) is 0 Å². The molecule has 0 aliphatic carbocycles. The Labute approximate surface area is 184 Å². The Hall–Kier alpha value is -2.47. The van der Waals surface area contributed by atoms with Gasteiger partial charge in [0.1, 0.15) is 5.75 Å². The third kappa shape index (κ3) is 7.41. The number of ether oxygens (including phenoxy) is 1. The molecule has 162 valence electrons. The largest absolute Gasteiger partial charge is 0.494 e. The van der Waals surface area contributed by atoms with Gasteiger partial charge in [-0.15, -0.1) is 11.8 Å². The Morgan fingerprint density at radius 3 is 2.27 bits per heavy atom. The first kappa shape index (κ1) is 23.8. The zero-order valence-corrected chi connectivity index (χ0v) is 19.3. The molecule has 6 heteroatoms. The summed E-state index contributed by atoms with van der Waals surface area (Å²) in [6.07, 6.45) is 1.16. The smallest absolute Gasteiger partial charge is 0.237 e. The van der Waals surface area contributed by atoms with Gasteiger partial charge in [-0.1, -0.05) is 17.7 Å². The Morgan fingerprint density at radius 2 is 1.67 bits per heavy atom. The number of amides is 2. The van der Waals surface area contributed by atoms with Crippen molar-refractivity contribution >= 4 is 35.0 Å². The van der Waals surface area contributed by atoms with Crippen molar-refractivity contribution in [2.75, 3.05) is 23.0 Å². The highest BCUT2D eigenvalue weighted by atomic mass is 32.2. The van der Waals surface area contributed by atoms with Gasteiger partial charge in [0.05, 0.1) is 11.9 Å². The molecule has 2 N–H and O–H groups in total. The maximum Gasteiger partial charge on any atom is 0.237 e. The maximum atomic E-state index is 12.4. The van der Waals surface area contributed by atoms with Gasteiger partial charge < -0.3 is 15.4 Å². The van der Waals surface area contributed by atoms with E-state index in [0.29, 0.717) is 13.0 Å². The highest BCUT2D eigenvalue weighted by molar-refractivity contribution is 8.00. The van der Waals surface area contributed by atoms with Gasteiger partial charge in [-0.05, 0) is 82.2 Å². The van der Waals surface area contributed by atoms with Crippen LogP contribution in [-0.2, 0) is 9.59 Å². The minimum Gasteiger partial charge on any atom is -0.494 e. The first-order valence-electron chi connectivity index (χ1n) is 10.3. The van der Waals surface area contributed by atoms with Crippen LogP contribution in [0.4, 0.5) is 11.4 Å². The van der Waals surface area contributed by atoms with Crippen molar-refractivity contribution in [3.8, 4) is 5.75 Å². The molecule has 0 aliphatic rings. The summed E-state index contributed by atoms with van der Waals surface area (Å²) in [5, 5.41) is 5.75. The van der Waals surface area contributed by atoms with E-state index in [1.54, 1.807) is 11.8 Å². The van der Waals surface area contributed by atoms with Gasteiger partial charge in [-0.2, -0.15) is 0 Å². The number of rotatable bonds is 10. The highest BCUT2D eigenvalue weighted by Gasteiger charge is 2.14. The van der Waals surface area contributed by atoms with Crippen LogP contribution in [0, 0.1) is 20.8 Å². The molecule has 2 aromatic rings. The summed E-state index contributed by atoms with van der Waals surface area (Å²) in [6, 6.07) is 11.5. The molecule has 5 nitrogen and oxygen atoms in total. The summed E-state index contributed by atoms with van der Waals surface area (Å²) in [7, 11) is 0. The maximum absolute atomic E-state index is 12.4. The summed E-state index contributed by atoms with van der Waals surface area (Å²) in [5.74, 6) is 1.50. The number of benzene rings is 2. The van der Waals surface area contributed by atoms with E-state index in [4.69, 9.17) is 4.74 Å². The quantitative estimate of drug-likeness (QED) is 0.491. The van der Waals surface area contributed by atoms with E-state index in [2.05, 4.69) is 29.7 Å². The molecule has 1 unspecified atom stereocenters. The first-order valence-corrected chi connectivity index (χ1v) is 11.4. The van der Waals surface area contributed by atoms with Gasteiger partial charge in [-0.25, -0.2) is 0 Å². The van der Waals surface area contributed by atoms with Gasteiger partial charge in [-0.3, -0.25) is 9.59 Å². The topological polar surface area (TPSA) is 67.4 Å². The molecular weight excluding hydrogens is 396 g/mol. The molecule has 2 aromatic carbocycles. The van der Waals surface area contributed by atoms with Crippen LogP contribution in [0.1, 0.15) is 43.4 Å². The van der Waals surface area contributed by atoms with Gasteiger partial charge in [0.2, 0.25) is 11.8 Å². The highest BCUT2D eigenvalue weighted by Crippen LogP contribution is 2.23. The normalized spacial score (nSPS) is 11.6. The molecule has 0 aliphatic heterocycles. The van der Waals surface area contributed by atoms with E-state index in [1.165, 1.54) is 5.56 Å². The van der Waals surface area contributed by atoms with Crippen LogP contribution in [0.15, 0.2) is 36.4 Å². The lowest BCUT2D eigenvalue weighted by molar-refractivity contribution is -0.116. The third-order valence-electron chi connectivity index (χ3n) is 4.66. The molecule has 0 radical (unpaired) electrons. The average molecular weight is 429 g/mol. The Bertz CT molecular complexity index is 842. The number of carbonyl (C=O) groups is 2. The monoisotopic (exact) mass is 428 g/mol. The fourth-order valence-electron chi connectivity index (χ4n) is 3.19. The molecule has 0 aromatic heterocycles. The second kappa shape index (κ2) is 11.6. The minimum absolute atomic E-state index is 0.0112. The predicted octanol–water partition coefficient (Wildman–Crippen LogP) is 5.49. The molecule has 0 heterocycles. The molecule has 0 fully saturated rings.